The van der Waals surface area contributed by atoms with Crippen LogP contribution in [-0.2, 0) is 30.4 Å². The SMILES string of the molecule is C[C@H](Cc1cccc(CC(=O)NCc2cc(C(F)(F)F)ccc2F)c1)NC[C@@H](O)c1ccc(O)c2[nH]c(=O)ccc12. The summed E-state index contributed by atoms with van der Waals surface area (Å²) in [6.45, 7) is 1.76. The second kappa shape index (κ2) is 12.5. The number of phenolic OH excluding ortho intramolecular Hbond substituents is 1. The maximum Gasteiger partial charge on any atom is 0.416 e. The molecule has 1 amide bonds. The number of benzene rings is 3. The molecule has 4 aromatic rings. The summed E-state index contributed by atoms with van der Waals surface area (Å²) in [5.41, 5.74) is 0.796. The van der Waals surface area contributed by atoms with Gasteiger partial charge in [0, 0.05) is 36.1 Å². The third-order valence-electron chi connectivity index (χ3n) is 6.67. The molecule has 0 saturated heterocycles. The van der Waals surface area contributed by atoms with Crippen LogP contribution in [0.1, 0.15) is 40.8 Å². The highest BCUT2D eigenvalue weighted by molar-refractivity contribution is 5.87. The number of carbonyl (C=O) groups is 1. The average molecular weight is 572 g/mol. The summed E-state index contributed by atoms with van der Waals surface area (Å²) in [5.74, 6) is -1.39. The number of hydrogen-bond donors (Lipinski definition) is 5. The zero-order chi connectivity index (χ0) is 29.7. The van der Waals surface area contributed by atoms with Crippen LogP contribution >= 0.6 is 0 Å². The summed E-state index contributed by atoms with van der Waals surface area (Å²) in [7, 11) is 0. The number of pyridine rings is 1. The molecule has 0 radical (unpaired) electrons. The molecule has 0 bridgehead atoms. The number of H-pyrrole nitrogens is 1. The highest BCUT2D eigenvalue weighted by Crippen LogP contribution is 2.30. The molecular weight excluding hydrogens is 542 g/mol. The van der Waals surface area contributed by atoms with Gasteiger partial charge in [-0.25, -0.2) is 4.39 Å². The predicted octanol–water partition coefficient (Wildman–Crippen LogP) is 4.50. The standard InChI is InChI=1S/C30H29F4N3O4/c1-17(35-16-26(39)22-6-9-25(38)29-23(22)7-10-27(40)37-29)11-18-3-2-4-19(12-18)13-28(41)36-15-20-14-21(30(32,33)34)5-8-24(20)31/h2-10,12,14,17,26,35,38-39H,11,13,15-16H2,1H3,(H,36,41)(H,37,40)/t17-,26-/m1/s1. The lowest BCUT2D eigenvalue weighted by atomic mass is 10.0. The number of aliphatic hydroxyl groups is 1. The van der Waals surface area contributed by atoms with Crippen LogP contribution in [0.25, 0.3) is 10.9 Å². The largest absolute Gasteiger partial charge is 0.506 e. The number of aromatic nitrogens is 1. The smallest absolute Gasteiger partial charge is 0.416 e. The number of hydrogen-bond acceptors (Lipinski definition) is 5. The maximum atomic E-state index is 14.0. The Bertz CT molecular complexity index is 1600. The first-order chi connectivity index (χ1) is 19.4. The second-order valence-electron chi connectivity index (χ2n) is 9.89. The number of halogens is 4. The molecule has 0 aliphatic rings. The Morgan fingerprint density at radius 2 is 1.78 bits per heavy atom. The first-order valence-corrected chi connectivity index (χ1v) is 12.9. The van der Waals surface area contributed by atoms with Gasteiger partial charge in [-0.2, -0.15) is 13.2 Å². The molecule has 7 nitrogen and oxygen atoms in total. The van der Waals surface area contributed by atoms with Gasteiger partial charge in [-0.3, -0.25) is 9.59 Å². The fourth-order valence-corrected chi connectivity index (χ4v) is 4.59. The average Bonchev–Trinajstić information content (AvgIpc) is 2.91. The molecule has 0 aliphatic carbocycles. The Morgan fingerprint density at radius 1 is 1.02 bits per heavy atom. The first-order valence-electron chi connectivity index (χ1n) is 12.9. The molecule has 0 aliphatic heterocycles. The summed E-state index contributed by atoms with van der Waals surface area (Å²) < 4.78 is 52.7. The van der Waals surface area contributed by atoms with Gasteiger partial charge in [0.15, 0.2) is 0 Å². The molecule has 1 heterocycles. The van der Waals surface area contributed by atoms with Gasteiger partial charge in [0.1, 0.15) is 11.6 Å². The van der Waals surface area contributed by atoms with Crippen LogP contribution in [0.4, 0.5) is 17.6 Å². The maximum absolute atomic E-state index is 14.0. The number of aromatic amines is 1. The zero-order valence-corrected chi connectivity index (χ0v) is 22.1. The molecule has 11 heteroatoms. The third kappa shape index (κ3) is 7.71. The lowest BCUT2D eigenvalue weighted by Gasteiger charge is -2.19. The number of aliphatic hydroxyl groups excluding tert-OH is 1. The second-order valence-corrected chi connectivity index (χ2v) is 9.89. The van der Waals surface area contributed by atoms with Crippen molar-refractivity contribution in [2.24, 2.45) is 0 Å². The first kappa shape index (κ1) is 29.8. The fourth-order valence-electron chi connectivity index (χ4n) is 4.59. The van der Waals surface area contributed by atoms with E-state index in [0.29, 0.717) is 35.1 Å². The van der Waals surface area contributed by atoms with Crippen molar-refractivity contribution in [2.45, 2.75) is 44.6 Å². The van der Waals surface area contributed by atoms with Crippen LogP contribution in [-0.4, -0.2) is 33.7 Å². The van der Waals surface area contributed by atoms with E-state index in [4.69, 9.17) is 0 Å². The number of rotatable bonds is 10. The normalized spacial score (nSPS) is 13.2. The highest BCUT2D eigenvalue weighted by atomic mass is 19.4. The van der Waals surface area contributed by atoms with Crippen molar-refractivity contribution < 1.29 is 32.6 Å². The van der Waals surface area contributed by atoms with Crippen molar-refractivity contribution in [1.82, 2.24) is 15.6 Å². The Hall–Kier alpha value is -4.22. The van der Waals surface area contributed by atoms with Crippen LogP contribution in [0.2, 0.25) is 0 Å². The van der Waals surface area contributed by atoms with Crippen LogP contribution in [0, 0.1) is 5.82 Å². The summed E-state index contributed by atoms with van der Waals surface area (Å²) in [5, 5.41) is 27.1. The minimum Gasteiger partial charge on any atom is -0.506 e. The van der Waals surface area contributed by atoms with Gasteiger partial charge in [-0.15, -0.1) is 0 Å². The fraction of sp³-hybridized carbons (Fsp3) is 0.267. The van der Waals surface area contributed by atoms with E-state index in [9.17, 15) is 37.4 Å². The lowest BCUT2D eigenvalue weighted by molar-refractivity contribution is -0.137. The molecule has 4 rings (SSSR count). The van der Waals surface area contributed by atoms with E-state index in [-0.39, 0.29) is 47.9 Å². The van der Waals surface area contributed by atoms with Crippen molar-refractivity contribution in [1.29, 1.82) is 0 Å². The number of aromatic hydroxyl groups is 1. The number of amides is 1. The van der Waals surface area contributed by atoms with E-state index in [1.54, 1.807) is 24.3 Å². The van der Waals surface area contributed by atoms with Gasteiger partial charge in [0.05, 0.1) is 23.6 Å². The Balaban J connectivity index is 1.31. The Kier molecular flexibility index (Phi) is 9.09. The quantitative estimate of drug-likeness (QED) is 0.180. The summed E-state index contributed by atoms with van der Waals surface area (Å²) >= 11 is 0. The van der Waals surface area contributed by atoms with Crippen LogP contribution < -0.4 is 16.2 Å². The van der Waals surface area contributed by atoms with Gasteiger partial charge in [0.25, 0.3) is 0 Å². The van der Waals surface area contributed by atoms with E-state index < -0.39 is 29.6 Å². The number of fused-ring (bicyclic) bond motifs is 1. The summed E-state index contributed by atoms with van der Waals surface area (Å²) in [4.78, 5) is 26.6. The van der Waals surface area contributed by atoms with Crippen molar-refractivity contribution >= 4 is 16.8 Å². The molecule has 0 fully saturated rings. The van der Waals surface area contributed by atoms with Crippen LogP contribution in [0.15, 0.2) is 71.5 Å². The molecule has 3 aromatic carbocycles. The van der Waals surface area contributed by atoms with E-state index in [2.05, 4.69) is 15.6 Å². The lowest BCUT2D eigenvalue weighted by Crippen LogP contribution is -2.32. The summed E-state index contributed by atoms with van der Waals surface area (Å²) in [6.07, 6.45) is -4.99. The van der Waals surface area contributed by atoms with E-state index >= 15 is 0 Å². The molecule has 1 aromatic heterocycles. The number of nitrogens with one attached hydrogen (secondary N) is 3. The van der Waals surface area contributed by atoms with Gasteiger partial charge >= 0.3 is 6.18 Å². The van der Waals surface area contributed by atoms with Crippen molar-refractivity contribution in [2.75, 3.05) is 6.54 Å². The molecule has 41 heavy (non-hydrogen) atoms. The number of phenols is 1. The van der Waals surface area contributed by atoms with E-state index in [0.717, 1.165) is 11.6 Å². The molecule has 0 unspecified atom stereocenters. The molecule has 0 saturated carbocycles. The highest BCUT2D eigenvalue weighted by Gasteiger charge is 2.31. The van der Waals surface area contributed by atoms with Crippen molar-refractivity contribution in [3.63, 3.8) is 0 Å². The topological polar surface area (TPSA) is 114 Å². The Labute approximate surface area is 232 Å². The monoisotopic (exact) mass is 571 g/mol. The predicted molar refractivity (Wildman–Crippen MR) is 146 cm³/mol. The molecule has 2 atom stereocenters. The molecule has 216 valence electrons. The van der Waals surface area contributed by atoms with Crippen LogP contribution in [0.5, 0.6) is 5.75 Å². The van der Waals surface area contributed by atoms with Crippen LogP contribution in [0.3, 0.4) is 0 Å². The van der Waals surface area contributed by atoms with Gasteiger partial charge in [-0.05, 0) is 60.4 Å². The number of carbonyl (C=O) groups excluding carboxylic acids is 1. The molecule has 0 spiro atoms. The summed E-state index contributed by atoms with van der Waals surface area (Å²) in [6, 6.07) is 15.1. The van der Waals surface area contributed by atoms with Gasteiger partial charge in [0.2, 0.25) is 11.5 Å². The minimum atomic E-state index is -4.61. The molecule has 5 N–H and O–H groups in total. The van der Waals surface area contributed by atoms with Crippen molar-refractivity contribution in [3.05, 3.63) is 111 Å². The van der Waals surface area contributed by atoms with E-state index in [1.165, 1.54) is 12.1 Å². The van der Waals surface area contributed by atoms with E-state index in [1.807, 2.05) is 19.1 Å². The third-order valence-corrected chi connectivity index (χ3v) is 6.67. The van der Waals surface area contributed by atoms with Gasteiger partial charge < -0.3 is 25.8 Å². The zero-order valence-electron chi connectivity index (χ0n) is 22.1. The molecular formula is C30H29F4N3O4. The Morgan fingerprint density at radius 3 is 2.54 bits per heavy atom. The van der Waals surface area contributed by atoms with Gasteiger partial charge in [-0.1, -0.05) is 30.3 Å². The number of alkyl halides is 3. The van der Waals surface area contributed by atoms with Crippen molar-refractivity contribution in [3.8, 4) is 5.75 Å². The minimum absolute atomic E-state index is 0.0367.